The Kier molecular flexibility index (Phi) is 10.3. The van der Waals surface area contributed by atoms with E-state index >= 15 is 0 Å². The van der Waals surface area contributed by atoms with Crippen molar-refractivity contribution in [1.29, 1.82) is 0 Å². The summed E-state index contributed by atoms with van der Waals surface area (Å²) < 4.78 is 1.45. The number of halogens is 1. The fourth-order valence-electron chi connectivity index (χ4n) is 5.19. The molecule has 2 aromatic rings. The molecule has 40 heavy (non-hydrogen) atoms. The Morgan fingerprint density at radius 3 is 2.25 bits per heavy atom. The number of carbonyl (C=O) groups excluding carboxylic acids is 2. The third kappa shape index (κ3) is 7.81. The van der Waals surface area contributed by atoms with E-state index in [9.17, 15) is 14.4 Å². The summed E-state index contributed by atoms with van der Waals surface area (Å²) >= 11 is 0. The van der Waals surface area contributed by atoms with E-state index in [0.717, 1.165) is 25.8 Å². The second kappa shape index (κ2) is 13.1. The summed E-state index contributed by atoms with van der Waals surface area (Å²) in [6.07, 6.45) is 4.76. The number of carbonyl (C=O) groups is 2. The van der Waals surface area contributed by atoms with Gasteiger partial charge in [-0.05, 0) is 76.8 Å². The van der Waals surface area contributed by atoms with Crippen LogP contribution in [0.25, 0.3) is 5.69 Å². The van der Waals surface area contributed by atoms with Gasteiger partial charge in [0.05, 0.1) is 11.2 Å². The average molecular weight is 575 g/mol. The maximum atomic E-state index is 12.7. The summed E-state index contributed by atoms with van der Waals surface area (Å²) in [6.45, 7) is 8.20. The van der Waals surface area contributed by atoms with Gasteiger partial charge in [-0.25, -0.2) is 9.59 Å². The number of hydrogen-bond acceptors (Lipinski definition) is 7. The van der Waals surface area contributed by atoms with E-state index < -0.39 is 11.2 Å². The molecule has 1 aliphatic heterocycles. The SMILES string of the molecule is CC(Cc1ccc(-n2ccc(NC(=O)N3CCN(C(=O)C(C)(C)N)CC3)nc2=O)cc1)N(C)C[C@H]1C[C@@H](N)C1.Cl. The highest BCUT2D eigenvalue weighted by molar-refractivity contribution is 5.89. The summed E-state index contributed by atoms with van der Waals surface area (Å²) in [7, 11) is 2.16. The number of nitrogens with one attached hydrogen (secondary N) is 1. The van der Waals surface area contributed by atoms with Crippen LogP contribution >= 0.6 is 12.4 Å². The number of piperazine rings is 1. The van der Waals surface area contributed by atoms with Gasteiger partial charge in [-0.15, -0.1) is 12.4 Å². The lowest BCUT2D eigenvalue weighted by Crippen LogP contribution is -2.58. The predicted octanol–water partition coefficient (Wildman–Crippen LogP) is 1.67. The number of likely N-dealkylation sites (N-methyl/N-ethyl adjacent to an activating group) is 1. The zero-order valence-corrected chi connectivity index (χ0v) is 24.7. The molecule has 1 saturated heterocycles. The lowest BCUT2D eigenvalue weighted by Gasteiger charge is -2.37. The Morgan fingerprint density at radius 1 is 1.10 bits per heavy atom. The van der Waals surface area contributed by atoms with Crippen molar-refractivity contribution < 1.29 is 9.59 Å². The summed E-state index contributed by atoms with van der Waals surface area (Å²) in [5.41, 5.74) is 12.3. The van der Waals surface area contributed by atoms with Gasteiger partial charge in [0.25, 0.3) is 0 Å². The number of amides is 3. The summed E-state index contributed by atoms with van der Waals surface area (Å²) in [5.74, 6) is 0.743. The van der Waals surface area contributed by atoms with Crippen LogP contribution < -0.4 is 22.5 Å². The molecular weight excluding hydrogens is 532 g/mol. The molecule has 4 rings (SSSR count). The van der Waals surface area contributed by atoms with Crippen molar-refractivity contribution in [2.45, 2.75) is 57.7 Å². The van der Waals surface area contributed by atoms with Crippen molar-refractivity contribution in [1.82, 2.24) is 24.3 Å². The van der Waals surface area contributed by atoms with Gasteiger partial charge < -0.3 is 26.2 Å². The molecule has 1 aromatic heterocycles. The molecule has 3 amide bonds. The lowest BCUT2D eigenvalue weighted by molar-refractivity contribution is -0.137. The quantitative estimate of drug-likeness (QED) is 0.435. The third-order valence-corrected chi connectivity index (χ3v) is 7.76. The van der Waals surface area contributed by atoms with E-state index in [2.05, 4.69) is 29.2 Å². The molecule has 1 aromatic carbocycles. The van der Waals surface area contributed by atoms with Crippen LogP contribution in [0.1, 0.15) is 39.2 Å². The second-order valence-electron chi connectivity index (χ2n) is 11.7. The van der Waals surface area contributed by atoms with Crippen LogP contribution in [0.3, 0.4) is 0 Å². The minimum Gasteiger partial charge on any atom is -0.338 e. The van der Waals surface area contributed by atoms with Gasteiger partial charge in [0.2, 0.25) is 5.91 Å². The molecular formula is C28H43ClN8O3. The fraction of sp³-hybridized carbons (Fsp3) is 0.571. The van der Waals surface area contributed by atoms with Gasteiger partial charge in [-0.1, -0.05) is 12.1 Å². The highest BCUT2D eigenvalue weighted by Gasteiger charge is 2.31. The Labute approximate surface area is 242 Å². The first-order chi connectivity index (χ1) is 18.4. The third-order valence-electron chi connectivity index (χ3n) is 7.76. The molecule has 1 aliphatic carbocycles. The fourth-order valence-corrected chi connectivity index (χ4v) is 5.19. The molecule has 2 aliphatic rings. The largest absolute Gasteiger partial charge is 0.354 e. The number of benzene rings is 1. The van der Waals surface area contributed by atoms with Crippen LogP contribution in [0, 0.1) is 5.92 Å². The van der Waals surface area contributed by atoms with Gasteiger partial charge in [0.1, 0.15) is 5.82 Å². The molecule has 0 radical (unpaired) electrons. The van der Waals surface area contributed by atoms with Gasteiger partial charge in [-0.2, -0.15) is 4.98 Å². The number of nitrogens with two attached hydrogens (primary N) is 2. The zero-order chi connectivity index (χ0) is 28.3. The Morgan fingerprint density at radius 2 is 1.70 bits per heavy atom. The van der Waals surface area contributed by atoms with E-state index in [1.807, 2.05) is 24.3 Å². The Balaban J connectivity index is 0.00000441. The Bertz CT molecular complexity index is 1220. The predicted molar refractivity (Wildman–Crippen MR) is 159 cm³/mol. The van der Waals surface area contributed by atoms with Gasteiger partial charge in [-0.3, -0.25) is 14.7 Å². The molecule has 0 bridgehead atoms. The van der Waals surface area contributed by atoms with Crippen LogP contribution in [-0.4, -0.2) is 93.6 Å². The first-order valence-corrected chi connectivity index (χ1v) is 13.7. The van der Waals surface area contributed by atoms with E-state index in [4.69, 9.17) is 11.5 Å². The second-order valence-corrected chi connectivity index (χ2v) is 11.7. The highest BCUT2D eigenvalue weighted by atomic mass is 35.5. The van der Waals surface area contributed by atoms with E-state index in [0.29, 0.717) is 49.9 Å². The molecule has 11 nitrogen and oxygen atoms in total. The van der Waals surface area contributed by atoms with Gasteiger partial charge in [0, 0.05) is 51.0 Å². The molecule has 1 saturated carbocycles. The maximum absolute atomic E-state index is 12.7. The van der Waals surface area contributed by atoms with Crippen molar-refractivity contribution in [3.05, 3.63) is 52.6 Å². The number of urea groups is 1. The first kappa shape index (κ1) is 31.5. The standard InChI is InChI=1S/C28H42N8O3.ClH/c1-19(33(4)18-21-16-22(29)17-21)15-20-5-7-23(8-6-20)36-10-9-24(32-27(36)39)31-26(38)35-13-11-34(12-14-35)25(37)28(2,3)30;/h5-10,19,21-22H,11-18,29-30H2,1-4H3,(H,31,32,38,39);1H/t19?,21-,22+;. The molecule has 1 unspecified atom stereocenters. The molecule has 2 heterocycles. The normalized spacial score (nSPS) is 20.0. The van der Waals surface area contributed by atoms with Crippen LogP contribution in [0.4, 0.5) is 10.6 Å². The summed E-state index contributed by atoms with van der Waals surface area (Å²) in [6, 6.07) is 9.92. The zero-order valence-electron chi connectivity index (χ0n) is 23.9. The van der Waals surface area contributed by atoms with Crippen LogP contribution in [-0.2, 0) is 11.2 Å². The summed E-state index contributed by atoms with van der Waals surface area (Å²) in [4.78, 5) is 47.5. The number of nitrogens with zero attached hydrogens (tertiary/aromatic N) is 5. The number of anilines is 1. The number of aromatic nitrogens is 2. The van der Waals surface area contributed by atoms with E-state index in [-0.39, 0.29) is 30.2 Å². The maximum Gasteiger partial charge on any atom is 0.354 e. The van der Waals surface area contributed by atoms with Gasteiger partial charge in [0.15, 0.2) is 0 Å². The Hall–Kier alpha value is -2.99. The molecule has 12 heteroatoms. The first-order valence-electron chi connectivity index (χ1n) is 13.7. The molecule has 2 fully saturated rings. The topological polar surface area (TPSA) is 143 Å². The van der Waals surface area contributed by atoms with Crippen molar-refractivity contribution in [3.8, 4) is 5.69 Å². The minimum atomic E-state index is -0.946. The van der Waals surface area contributed by atoms with Crippen LogP contribution in [0.2, 0.25) is 0 Å². The smallest absolute Gasteiger partial charge is 0.338 e. The van der Waals surface area contributed by atoms with Crippen molar-refractivity contribution in [2.24, 2.45) is 17.4 Å². The average Bonchev–Trinajstić information content (AvgIpc) is 2.87. The van der Waals surface area contributed by atoms with Crippen molar-refractivity contribution >= 4 is 30.2 Å². The van der Waals surface area contributed by atoms with Crippen LogP contribution in [0.5, 0.6) is 0 Å². The van der Waals surface area contributed by atoms with E-state index in [1.54, 1.807) is 35.9 Å². The van der Waals surface area contributed by atoms with Crippen molar-refractivity contribution in [3.63, 3.8) is 0 Å². The molecule has 220 valence electrons. The number of rotatable bonds is 8. The highest BCUT2D eigenvalue weighted by Crippen LogP contribution is 2.27. The summed E-state index contributed by atoms with van der Waals surface area (Å²) in [5, 5.41) is 2.69. The minimum absolute atomic E-state index is 0. The molecule has 0 spiro atoms. The molecule has 1 atom stereocenters. The number of hydrogen-bond donors (Lipinski definition) is 3. The monoisotopic (exact) mass is 574 g/mol. The van der Waals surface area contributed by atoms with Gasteiger partial charge >= 0.3 is 11.7 Å². The van der Waals surface area contributed by atoms with Crippen LogP contribution in [0.15, 0.2) is 41.3 Å². The molecule has 5 N–H and O–H groups in total. The lowest BCUT2D eigenvalue weighted by atomic mass is 9.80. The van der Waals surface area contributed by atoms with Crippen molar-refractivity contribution in [2.75, 3.05) is 45.1 Å². The van der Waals surface area contributed by atoms with E-state index in [1.165, 1.54) is 10.1 Å².